The maximum atomic E-state index is 12.4. The van der Waals surface area contributed by atoms with Crippen LogP contribution in [0.25, 0.3) is 0 Å². The average Bonchev–Trinajstić information content (AvgIpc) is 2.60. The summed E-state index contributed by atoms with van der Waals surface area (Å²) >= 11 is 0. The third-order valence-corrected chi connectivity index (χ3v) is 7.10. The van der Waals surface area contributed by atoms with Crippen LogP contribution in [0.2, 0.25) is 0 Å². The number of aliphatic hydroxyl groups is 1. The first-order chi connectivity index (χ1) is 11.8. The normalized spacial score (nSPS) is 27.8. The summed E-state index contributed by atoms with van der Waals surface area (Å²) in [6.07, 6.45) is 0.996. The number of nitrogens with zero attached hydrogens (tertiary/aromatic N) is 5. The van der Waals surface area contributed by atoms with Gasteiger partial charge in [0, 0.05) is 46.2 Å². The zero-order valence-corrected chi connectivity index (χ0v) is 15.3. The van der Waals surface area contributed by atoms with E-state index < -0.39 is 15.8 Å². The number of anilines is 1. The fourth-order valence-electron chi connectivity index (χ4n) is 3.58. The van der Waals surface area contributed by atoms with Crippen LogP contribution in [-0.4, -0.2) is 73.0 Å². The molecule has 2 saturated heterocycles. The van der Waals surface area contributed by atoms with Gasteiger partial charge in [0.1, 0.15) is 17.6 Å². The smallest absolute Gasteiger partial charge is 0.281 e. The molecule has 136 valence electrons. The molecule has 0 aliphatic carbocycles. The summed E-state index contributed by atoms with van der Waals surface area (Å²) in [6, 6.07) is 7.30. The number of aromatic nitrogens is 1. The lowest BCUT2D eigenvalue weighted by Gasteiger charge is -2.50. The fraction of sp³-hybridized carbons (Fsp3) is 0.625. The molecule has 1 aromatic heterocycles. The summed E-state index contributed by atoms with van der Waals surface area (Å²) in [7, 11) is -0.463. The lowest BCUT2D eigenvalue weighted by molar-refractivity contribution is -0.0694. The first-order valence-electron chi connectivity index (χ1n) is 8.28. The van der Waals surface area contributed by atoms with Crippen molar-refractivity contribution < 1.29 is 13.5 Å². The van der Waals surface area contributed by atoms with Gasteiger partial charge >= 0.3 is 0 Å². The second-order valence-corrected chi connectivity index (χ2v) is 9.03. The van der Waals surface area contributed by atoms with E-state index in [1.165, 1.54) is 22.7 Å². The fourth-order valence-corrected chi connectivity index (χ4v) is 4.73. The Morgan fingerprint density at radius 2 is 2.04 bits per heavy atom. The number of fused-ring (bicyclic) bond motifs is 1. The molecule has 1 aromatic rings. The van der Waals surface area contributed by atoms with Crippen molar-refractivity contribution in [1.29, 1.82) is 5.26 Å². The van der Waals surface area contributed by atoms with Crippen molar-refractivity contribution in [1.82, 2.24) is 13.6 Å². The molecule has 3 heterocycles. The van der Waals surface area contributed by atoms with Crippen molar-refractivity contribution in [3.8, 4) is 6.07 Å². The zero-order chi connectivity index (χ0) is 18.2. The Hall–Kier alpha value is -1.73. The van der Waals surface area contributed by atoms with Gasteiger partial charge < -0.3 is 10.0 Å². The predicted octanol–water partition coefficient (Wildman–Crippen LogP) is 0.0228. The summed E-state index contributed by atoms with van der Waals surface area (Å²) in [5, 5.41) is 20.0. The maximum Gasteiger partial charge on any atom is 0.281 e. The van der Waals surface area contributed by atoms with Crippen LogP contribution >= 0.6 is 0 Å². The Morgan fingerprint density at radius 1 is 1.32 bits per heavy atom. The van der Waals surface area contributed by atoms with E-state index in [1.54, 1.807) is 12.1 Å². The molecule has 2 aliphatic heterocycles. The third-order valence-electron chi connectivity index (χ3n) is 5.19. The van der Waals surface area contributed by atoms with Crippen LogP contribution in [0.4, 0.5) is 5.82 Å². The highest BCUT2D eigenvalue weighted by Crippen LogP contribution is 2.37. The Balaban J connectivity index is 1.80. The molecule has 0 saturated carbocycles. The van der Waals surface area contributed by atoms with Gasteiger partial charge in [-0.15, -0.1) is 0 Å². The Morgan fingerprint density at radius 3 is 2.72 bits per heavy atom. The lowest BCUT2D eigenvalue weighted by Crippen LogP contribution is -2.61. The Bertz CT molecular complexity index is 791. The zero-order valence-electron chi connectivity index (χ0n) is 14.5. The topological polar surface area (TPSA) is 101 Å². The second kappa shape index (κ2) is 6.53. The quantitative estimate of drug-likeness (QED) is 0.811. The van der Waals surface area contributed by atoms with E-state index in [4.69, 9.17) is 5.26 Å². The van der Waals surface area contributed by atoms with Gasteiger partial charge in [-0.3, -0.25) is 0 Å². The lowest BCUT2D eigenvalue weighted by atomic mass is 9.76. The summed E-state index contributed by atoms with van der Waals surface area (Å²) < 4.78 is 27.5. The van der Waals surface area contributed by atoms with E-state index in [0.29, 0.717) is 44.0 Å². The molecule has 2 fully saturated rings. The first-order valence-corrected chi connectivity index (χ1v) is 9.68. The van der Waals surface area contributed by atoms with E-state index >= 15 is 0 Å². The van der Waals surface area contributed by atoms with E-state index in [2.05, 4.69) is 4.98 Å². The van der Waals surface area contributed by atoms with Crippen molar-refractivity contribution >= 4 is 16.0 Å². The molecule has 0 bridgehead atoms. The van der Waals surface area contributed by atoms with E-state index in [0.717, 1.165) is 0 Å². The number of piperidine rings is 2. The summed E-state index contributed by atoms with van der Waals surface area (Å²) in [6.45, 7) is 1.76. The average molecular weight is 365 g/mol. The van der Waals surface area contributed by atoms with Gasteiger partial charge in [0.15, 0.2) is 0 Å². The van der Waals surface area contributed by atoms with Gasteiger partial charge in [0.05, 0.1) is 5.60 Å². The minimum absolute atomic E-state index is 0.197. The van der Waals surface area contributed by atoms with Crippen molar-refractivity contribution in [2.75, 3.05) is 45.2 Å². The highest BCUT2D eigenvalue weighted by Gasteiger charge is 2.47. The van der Waals surface area contributed by atoms with E-state index in [1.807, 2.05) is 17.0 Å². The minimum Gasteiger partial charge on any atom is -0.389 e. The molecule has 0 radical (unpaired) electrons. The number of hydrogen-bond acceptors (Lipinski definition) is 6. The Labute approximate surface area is 148 Å². The highest BCUT2D eigenvalue weighted by atomic mass is 32.2. The van der Waals surface area contributed by atoms with Crippen molar-refractivity contribution in [3.05, 3.63) is 23.9 Å². The molecule has 0 unspecified atom stereocenters. The molecule has 8 nitrogen and oxygen atoms in total. The first kappa shape index (κ1) is 18.1. The number of rotatable bonds is 3. The van der Waals surface area contributed by atoms with E-state index in [9.17, 15) is 13.5 Å². The molecule has 0 amide bonds. The molecule has 9 heteroatoms. The van der Waals surface area contributed by atoms with Crippen LogP contribution in [-0.2, 0) is 10.2 Å². The second-order valence-electron chi connectivity index (χ2n) is 6.89. The SMILES string of the molecule is CN(C)S(=O)(=O)N1CC[C@@]2(O)CCN(c3cccc(C#N)n3)C[C@H]2C1. The van der Waals surface area contributed by atoms with Gasteiger partial charge in [-0.2, -0.15) is 22.3 Å². The number of nitriles is 1. The highest BCUT2D eigenvalue weighted by molar-refractivity contribution is 7.86. The minimum atomic E-state index is -3.49. The van der Waals surface area contributed by atoms with Gasteiger partial charge in [0.25, 0.3) is 10.2 Å². The van der Waals surface area contributed by atoms with E-state index in [-0.39, 0.29) is 12.5 Å². The molecule has 0 aromatic carbocycles. The maximum absolute atomic E-state index is 12.4. The Kier molecular flexibility index (Phi) is 4.72. The monoisotopic (exact) mass is 365 g/mol. The van der Waals surface area contributed by atoms with Crippen molar-refractivity contribution in [2.45, 2.75) is 18.4 Å². The largest absolute Gasteiger partial charge is 0.389 e. The number of pyridine rings is 1. The molecule has 2 aliphatic rings. The standard InChI is InChI=1S/C16H23N5O3S/c1-19(2)25(23,24)21-9-7-16(22)6-8-20(11-13(16)12-21)15-5-3-4-14(10-17)18-15/h3-5,13,22H,6-9,11-12H2,1-2H3/t13-,16-/m0/s1. The molecular weight excluding hydrogens is 342 g/mol. The van der Waals surface area contributed by atoms with Gasteiger partial charge in [-0.05, 0) is 25.0 Å². The van der Waals surface area contributed by atoms with Gasteiger partial charge in [-0.25, -0.2) is 4.98 Å². The van der Waals surface area contributed by atoms with Crippen LogP contribution in [0.1, 0.15) is 18.5 Å². The number of hydrogen-bond donors (Lipinski definition) is 1. The van der Waals surface area contributed by atoms with Crippen LogP contribution in [0.15, 0.2) is 18.2 Å². The van der Waals surface area contributed by atoms with Crippen molar-refractivity contribution in [2.24, 2.45) is 5.92 Å². The third kappa shape index (κ3) is 3.35. The van der Waals surface area contributed by atoms with Crippen LogP contribution in [0, 0.1) is 17.2 Å². The molecule has 3 rings (SSSR count). The van der Waals surface area contributed by atoms with Crippen LogP contribution in [0.3, 0.4) is 0 Å². The van der Waals surface area contributed by atoms with Crippen molar-refractivity contribution in [3.63, 3.8) is 0 Å². The summed E-state index contributed by atoms with van der Waals surface area (Å²) in [4.78, 5) is 6.33. The molecule has 25 heavy (non-hydrogen) atoms. The molecular formula is C16H23N5O3S. The predicted molar refractivity (Wildman–Crippen MR) is 93.0 cm³/mol. The van der Waals surface area contributed by atoms with Gasteiger partial charge in [-0.1, -0.05) is 6.07 Å². The summed E-state index contributed by atoms with van der Waals surface area (Å²) in [5.41, 5.74) is -0.499. The molecule has 2 atom stereocenters. The molecule has 0 spiro atoms. The van der Waals surface area contributed by atoms with Gasteiger partial charge in [0.2, 0.25) is 0 Å². The van der Waals surface area contributed by atoms with Crippen LogP contribution in [0.5, 0.6) is 0 Å². The molecule has 1 N–H and O–H groups in total. The van der Waals surface area contributed by atoms with Crippen LogP contribution < -0.4 is 4.90 Å². The summed E-state index contributed by atoms with van der Waals surface area (Å²) in [5.74, 6) is 0.492.